The van der Waals surface area contributed by atoms with E-state index in [-0.39, 0.29) is 23.3 Å². The van der Waals surface area contributed by atoms with Gasteiger partial charge in [-0.2, -0.15) is 5.10 Å². The summed E-state index contributed by atoms with van der Waals surface area (Å²) in [4.78, 5) is 2.54. The van der Waals surface area contributed by atoms with Crippen LogP contribution < -0.4 is 10.0 Å². The van der Waals surface area contributed by atoms with Crippen LogP contribution in [0.25, 0.3) is 0 Å². The quantitative estimate of drug-likeness (QED) is 0.715. The third-order valence-electron chi connectivity index (χ3n) is 4.81. The normalized spacial score (nSPS) is 18.2. The standard InChI is InChI=1S/C18H27N5O2S.ClH/c1-3-15-4-6-16(7-5-15)18-13-19-8-10-23(18)11-9-21-26(24,25)17-12-20-22(2)14-17;/h4-7,12,14,18-19,21H,3,8-11,13H2,1-2H3;1H. The fraction of sp³-hybridized carbons (Fsp3) is 0.500. The molecule has 0 saturated carbocycles. The molecule has 0 aliphatic carbocycles. The third kappa shape index (κ3) is 5.52. The van der Waals surface area contributed by atoms with Crippen LogP contribution in [0, 0.1) is 0 Å². The van der Waals surface area contributed by atoms with Gasteiger partial charge in [0, 0.05) is 52.0 Å². The van der Waals surface area contributed by atoms with Gasteiger partial charge in [0.15, 0.2) is 0 Å². The molecular weight excluding hydrogens is 386 g/mol. The SMILES string of the molecule is CCc1ccc(C2CNCCN2CCNS(=O)(=O)c2cnn(C)c2)cc1.Cl. The van der Waals surface area contributed by atoms with Crippen molar-refractivity contribution in [1.29, 1.82) is 0 Å². The maximum absolute atomic E-state index is 12.3. The number of benzene rings is 1. The van der Waals surface area contributed by atoms with Crippen LogP contribution in [-0.4, -0.2) is 55.8 Å². The Morgan fingerprint density at radius 2 is 2.04 bits per heavy atom. The zero-order valence-electron chi connectivity index (χ0n) is 15.8. The smallest absolute Gasteiger partial charge is 0.243 e. The van der Waals surface area contributed by atoms with Crippen molar-refractivity contribution in [3.63, 3.8) is 0 Å². The van der Waals surface area contributed by atoms with Gasteiger partial charge < -0.3 is 5.32 Å². The number of aromatic nitrogens is 2. The average molecular weight is 414 g/mol. The summed E-state index contributed by atoms with van der Waals surface area (Å²) in [6, 6.07) is 8.98. The van der Waals surface area contributed by atoms with Crippen LogP contribution in [0.5, 0.6) is 0 Å². The second-order valence-corrected chi connectivity index (χ2v) is 8.37. The molecule has 7 nitrogen and oxygen atoms in total. The van der Waals surface area contributed by atoms with Crippen molar-refractivity contribution in [1.82, 2.24) is 24.7 Å². The third-order valence-corrected chi connectivity index (χ3v) is 6.23. The first-order chi connectivity index (χ1) is 12.5. The van der Waals surface area contributed by atoms with Crippen LogP contribution in [0.1, 0.15) is 24.1 Å². The van der Waals surface area contributed by atoms with Gasteiger partial charge in [-0.05, 0) is 17.5 Å². The molecule has 3 rings (SSSR count). The highest BCUT2D eigenvalue weighted by atomic mass is 35.5. The maximum atomic E-state index is 12.3. The first-order valence-corrected chi connectivity index (χ1v) is 10.5. The van der Waals surface area contributed by atoms with Crippen molar-refractivity contribution in [3.8, 4) is 0 Å². The van der Waals surface area contributed by atoms with Gasteiger partial charge in [0.1, 0.15) is 4.90 Å². The number of hydrogen-bond acceptors (Lipinski definition) is 5. The van der Waals surface area contributed by atoms with Crippen molar-refractivity contribution < 1.29 is 8.42 Å². The second kappa shape index (κ2) is 9.66. The molecule has 27 heavy (non-hydrogen) atoms. The highest BCUT2D eigenvalue weighted by molar-refractivity contribution is 7.89. The molecule has 1 fully saturated rings. The number of nitrogens with zero attached hydrogens (tertiary/aromatic N) is 3. The highest BCUT2D eigenvalue weighted by Crippen LogP contribution is 2.22. The molecule has 0 amide bonds. The van der Waals surface area contributed by atoms with Gasteiger partial charge in [0.25, 0.3) is 0 Å². The van der Waals surface area contributed by atoms with Crippen LogP contribution in [0.2, 0.25) is 0 Å². The lowest BCUT2D eigenvalue weighted by atomic mass is 10.0. The van der Waals surface area contributed by atoms with Gasteiger partial charge in [-0.1, -0.05) is 31.2 Å². The summed E-state index contributed by atoms with van der Waals surface area (Å²) in [5, 5.41) is 7.36. The Labute approximate surface area is 167 Å². The van der Waals surface area contributed by atoms with Gasteiger partial charge in [-0.15, -0.1) is 12.4 Å². The van der Waals surface area contributed by atoms with E-state index >= 15 is 0 Å². The van der Waals surface area contributed by atoms with E-state index in [1.54, 1.807) is 7.05 Å². The average Bonchev–Trinajstić information content (AvgIpc) is 3.10. The number of aryl methyl sites for hydroxylation is 2. The van der Waals surface area contributed by atoms with Crippen LogP contribution in [0.3, 0.4) is 0 Å². The number of rotatable bonds is 7. The van der Waals surface area contributed by atoms with E-state index in [0.29, 0.717) is 13.1 Å². The summed E-state index contributed by atoms with van der Waals surface area (Å²) in [6.45, 7) is 5.88. The lowest BCUT2D eigenvalue weighted by Crippen LogP contribution is -2.48. The molecule has 0 bridgehead atoms. The molecule has 1 aromatic heterocycles. The maximum Gasteiger partial charge on any atom is 0.243 e. The summed E-state index contributed by atoms with van der Waals surface area (Å²) in [5.41, 5.74) is 2.60. The number of nitrogens with one attached hydrogen (secondary N) is 2. The van der Waals surface area contributed by atoms with E-state index in [0.717, 1.165) is 26.1 Å². The van der Waals surface area contributed by atoms with Crippen LogP contribution in [0.15, 0.2) is 41.6 Å². The molecular formula is C18H28ClN5O2S. The molecule has 2 aromatic rings. The second-order valence-electron chi connectivity index (χ2n) is 6.60. The van der Waals surface area contributed by atoms with Crippen molar-refractivity contribution in [3.05, 3.63) is 47.8 Å². The van der Waals surface area contributed by atoms with E-state index in [9.17, 15) is 8.42 Å². The Bertz CT molecular complexity index is 823. The molecule has 2 heterocycles. The molecule has 1 aliphatic heterocycles. The summed E-state index contributed by atoms with van der Waals surface area (Å²) in [5.74, 6) is 0. The van der Waals surface area contributed by atoms with Gasteiger partial charge in [0.2, 0.25) is 10.0 Å². The predicted molar refractivity (Wildman–Crippen MR) is 109 cm³/mol. The molecule has 1 aromatic carbocycles. The molecule has 0 spiro atoms. The summed E-state index contributed by atoms with van der Waals surface area (Å²) >= 11 is 0. The van der Waals surface area contributed by atoms with E-state index in [1.165, 1.54) is 28.2 Å². The minimum Gasteiger partial charge on any atom is -0.314 e. The van der Waals surface area contributed by atoms with E-state index < -0.39 is 10.0 Å². The van der Waals surface area contributed by atoms with Gasteiger partial charge in [-0.3, -0.25) is 9.58 Å². The predicted octanol–water partition coefficient (Wildman–Crippen LogP) is 1.33. The van der Waals surface area contributed by atoms with Crippen molar-refractivity contribution in [2.24, 2.45) is 7.05 Å². The van der Waals surface area contributed by atoms with E-state index in [2.05, 4.69) is 51.2 Å². The highest BCUT2D eigenvalue weighted by Gasteiger charge is 2.24. The van der Waals surface area contributed by atoms with Crippen molar-refractivity contribution >= 4 is 22.4 Å². The Morgan fingerprint density at radius 3 is 2.67 bits per heavy atom. The van der Waals surface area contributed by atoms with E-state index in [1.807, 2.05) is 0 Å². The lowest BCUT2D eigenvalue weighted by Gasteiger charge is -2.36. The molecule has 1 saturated heterocycles. The molecule has 0 radical (unpaired) electrons. The van der Waals surface area contributed by atoms with Gasteiger partial charge in [-0.25, -0.2) is 13.1 Å². The Kier molecular flexibility index (Phi) is 7.81. The van der Waals surface area contributed by atoms with Crippen LogP contribution in [-0.2, 0) is 23.5 Å². The molecule has 150 valence electrons. The van der Waals surface area contributed by atoms with Gasteiger partial charge in [0.05, 0.1) is 6.20 Å². The fourth-order valence-electron chi connectivity index (χ4n) is 3.26. The molecule has 1 atom stereocenters. The first-order valence-electron chi connectivity index (χ1n) is 9.01. The lowest BCUT2D eigenvalue weighted by molar-refractivity contribution is 0.165. The minimum atomic E-state index is -3.51. The number of sulfonamides is 1. The fourth-order valence-corrected chi connectivity index (χ4v) is 4.27. The number of piperazine rings is 1. The van der Waals surface area contributed by atoms with Crippen LogP contribution in [0.4, 0.5) is 0 Å². The molecule has 9 heteroatoms. The summed E-state index contributed by atoms with van der Waals surface area (Å²) in [6.07, 6.45) is 3.90. The summed E-state index contributed by atoms with van der Waals surface area (Å²) in [7, 11) is -1.80. The molecule has 1 aliphatic rings. The van der Waals surface area contributed by atoms with E-state index in [4.69, 9.17) is 0 Å². The van der Waals surface area contributed by atoms with Gasteiger partial charge >= 0.3 is 0 Å². The van der Waals surface area contributed by atoms with Crippen molar-refractivity contribution in [2.45, 2.75) is 24.3 Å². The summed E-state index contributed by atoms with van der Waals surface area (Å²) < 4.78 is 28.8. The zero-order valence-corrected chi connectivity index (χ0v) is 17.4. The number of halogens is 1. The monoisotopic (exact) mass is 413 g/mol. The topological polar surface area (TPSA) is 79.3 Å². The minimum absolute atomic E-state index is 0. The zero-order chi connectivity index (χ0) is 18.6. The Hall–Kier alpha value is -1.45. The molecule has 1 unspecified atom stereocenters. The van der Waals surface area contributed by atoms with Crippen LogP contribution >= 0.6 is 12.4 Å². The first kappa shape index (κ1) is 21.8. The number of hydrogen-bond donors (Lipinski definition) is 2. The Balaban J connectivity index is 0.00000261. The van der Waals surface area contributed by atoms with Crippen molar-refractivity contribution in [2.75, 3.05) is 32.7 Å². The molecule has 2 N–H and O–H groups in total. The largest absolute Gasteiger partial charge is 0.314 e. The Morgan fingerprint density at radius 1 is 1.30 bits per heavy atom.